The van der Waals surface area contributed by atoms with Crippen molar-refractivity contribution in [3.05, 3.63) is 0 Å². The molecule has 2 heteroatoms. The lowest BCUT2D eigenvalue weighted by atomic mass is 9.72. The Bertz CT molecular complexity index is 70.9. The van der Waals surface area contributed by atoms with Crippen molar-refractivity contribution < 1.29 is 4.74 Å². The molecule has 0 saturated carbocycles. The second-order valence-electron chi connectivity index (χ2n) is 2.49. The Hall–Kier alpha value is 0.0249. The van der Waals surface area contributed by atoms with Crippen LogP contribution in [0.25, 0.3) is 0 Å². The summed E-state index contributed by atoms with van der Waals surface area (Å²) in [5.41, 5.74) is 0. The van der Waals surface area contributed by atoms with Gasteiger partial charge in [0.25, 0.3) is 0 Å². The SMILES string of the molecule is C[B]CC(C)C1CO1. The maximum atomic E-state index is 5.10. The van der Waals surface area contributed by atoms with E-state index in [4.69, 9.17) is 4.74 Å². The Balaban J connectivity index is 2.03. The van der Waals surface area contributed by atoms with Gasteiger partial charge in [0, 0.05) is 0 Å². The molecule has 1 saturated heterocycles. The average molecular weight is 111 g/mol. The normalized spacial score (nSPS) is 29.5. The lowest BCUT2D eigenvalue weighted by Gasteiger charge is -2.01. The van der Waals surface area contributed by atoms with E-state index in [0.29, 0.717) is 6.10 Å². The van der Waals surface area contributed by atoms with Gasteiger partial charge in [-0.05, 0) is 5.92 Å². The minimum Gasteiger partial charge on any atom is -0.373 e. The third-order valence-corrected chi connectivity index (χ3v) is 1.60. The molecule has 1 aliphatic rings. The highest BCUT2D eigenvalue weighted by Crippen LogP contribution is 2.22. The maximum absolute atomic E-state index is 5.10. The first-order valence-electron chi connectivity index (χ1n) is 3.24. The summed E-state index contributed by atoms with van der Waals surface area (Å²) in [6.07, 6.45) is 1.79. The summed E-state index contributed by atoms with van der Waals surface area (Å²) in [6.45, 7) is 5.32. The molecule has 2 atom stereocenters. The van der Waals surface area contributed by atoms with Gasteiger partial charge < -0.3 is 4.74 Å². The highest BCUT2D eigenvalue weighted by Gasteiger charge is 2.28. The minimum absolute atomic E-state index is 0.589. The molecule has 0 bridgehead atoms. The number of epoxide rings is 1. The van der Waals surface area contributed by atoms with Crippen molar-refractivity contribution in [3.8, 4) is 0 Å². The fraction of sp³-hybridized carbons (Fsp3) is 1.00. The third kappa shape index (κ3) is 1.51. The molecule has 45 valence electrons. The molecular weight excluding hydrogens is 98.9 g/mol. The lowest BCUT2D eigenvalue weighted by Crippen LogP contribution is -2.04. The zero-order chi connectivity index (χ0) is 5.98. The number of rotatable bonds is 3. The van der Waals surface area contributed by atoms with Crippen molar-refractivity contribution in [2.75, 3.05) is 6.61 Å². The topological polar surface area (TPSA) is 12.5 Å². The van der Waals surface area contributed by atoms with Crippen LogP contribution < -0.4 is 0 Å². The molecule has 0 aliphatic carbocycles. The first-order valence-corrected chi connectivity index (χ1v) is 3.24. The highest BCUT2D eigenvalue weighted by atomic mass is 16.6. The van der Waals surface area contributed by atoms with Crippen LogP contribution in [0.1, 0.15) is 6.92 Å². The number of hydrogen-bond acceptors (Lipinski definition) is 1. The van der Waals surface area contributed by atoms with Crippen molar-refractivity contribution in [3.63, 3.8) is 0 Å². The minimum atomic E-state index is 0.589. The van der Waals surface area contributed by atoms with Crippen LogP contribution in [0.2, 0.25) is 13.1 Å². The van der Waals surface area contributed by atoms with Crippen LogP contribution in [0, 0.1) is 5.92 Å². The summed E-state index contributed by atoms with van der Waals surface area (Å²) in [7, 11) is 2.20. The van der Waals surface area contributed by atoms with Gasteiger partial charge in [0.15, 0.2) is 0 Å². The smallest absolute Gasteiger partial charge is 0.106 e. The molecule has 0 spiro atoms. The van der Waals surface area contributed by atoms with Gasteiger partial charge in [-0.2, -0.15) is 0 Å². The maximum Gasteiger partial charge on any atom is 0.106 e. The molecule has 1 rings (SSSR count). The largest absolute Gasteiger partial charge is 0.373 e. The zero-order valence-corrected chi connectivity index (χ0v) is 5.55. The van der Waals surface area contributed by atoms with Crippen LogP contribution in [0.3, 0.4) is 0 Å². The van der Waals surface area contributed by atoms with E-state index in [1.54, 1.807) is 0 Å². The predicted octanol–water partition coefficient (Wildman–Crippen LogP) is 1.19. The summed E-state index contributed by atoms with van der Waals surface area (Å²) in [5.74, 6) is 0.750. The first-order chi connectivity index (χ1) is 3.84. The lowest BCUT2D eigenvalue weighted by molar-refractivity contribution is 0.355. The molecule has 0 aromatic carbocycles. The van der Waals surface area contributed by atoms with E-state index in [1.807, 2.05) is 0 Å². The summed E-state index contributed by atoms with van der Waals surface area (Å²) in [5, 5.41) is 0. The van der Waals surface area contributed by atoms with E-state index >= 15 is 0 Å². The molecule has 1 heterocycles. The molecule has 1 radical (unpaired) electrons. The zero-order valence-electron chi connectivity index (χ0n) is 5.55. The van der Waals surface area contributed by atoms with E-state index in [0.717, 1.165) is 12.5 Å². The van der Waals surface area contributed by atoms with Gasteiger partial charge in [-0.15, -0.1) is 0 Å². The van der Waals surface area contributed by atoms with Gasteiger partial charge in [0.2, 0.25) is 0 Å². The molecule has 0 aromatic heterocycles. The molecule has 1 fully saturated rings. The van der Waals surface area contributed by atoms with E-state index in [9.17, 15) is 0 Å². The highest BCUT2D eigenvalue weighted by molar-refractivity contribution is 6.33. The van der Waals surface area contributed by atoms with Crippen molar-refractivity contribution in [1.82, 2.24) is 0 Å². The van der Waals surface area contributed by atoms with Crippen molar-refractivity contribution >= 4 is 7.28 Å². The fourth-order valence-corrected chi connectivity index (χ4v) is 0.908. The van der Waals surface area contributed by atoms with Gasteiger partial charge in [-0.1, -0.05) is 20.1 Å². The summed E-state index contributed by atoms with van der Waals surface area (Å²) in [4.78, 5) is 0. The Labute approximate surface area is 51.7 Å². The Kier molecular flexibility index (Phi) is 1.95. The van der Waals surface area contributed by atoms with Gasteiger partial charge in [-0.25, -0.2) is 0 Å². The fourth-order valence-electron chi connectivity index (χ4n) is 0.908. The average Bonchev–Trinajstić information content (AvgIpc) is 2.45. The van der Waals surface area contributed by atoms with Crippen LogP contribution in [0.4, 0.5) is 0 Å². The molecular formula is C6H12BO. The molecule has 0 N–H and O–H groups in total. The van der Waals surface area contributed by atoms with Crippen LogP contribution >= 0.6 is 0 Å². The Morgan fingerprint density at radius 2 is 2.50 bits per heavy atom. The molecule has 1 nitrogen and oxygen atoms in total. The molecule has 0 aromatic rings. The van der Waals surface area contributed by atoms with Crippen molar-refractivity contribution in [2.24, 2.45) is 5.92 Å². The Morgan fingerprint density at radius 3 is 2.88 bits per heavy atom. The van der Waals surface area contributed by atoms with Crippen molar-refractivity contribution in [1.29, 1.82) is 0 Å². The van der Waals surface area contributed by atoms with E-state index in [-0.39, 0.29) is 0 Å². The Morgan fingerprint density at radius 1 is 1.88 bits per heavy atom. The third-order valence-electron chi connectivity index (χ3n) is 1.60. The van der Waals surface area contributed by atoms with E-state index in [1.165, 1.54) is 6.32 Å². The summed E-state index contributed by atoms with van der Waals surface area (Å²) < 4.78 is 5.10. The number of ether oxygens (including phenoxy) is 1. The van der Waals surface area contributed by atoms with Gasteiger partial charge >= 0.3 is 0 Å². The quantitative estimate of drug-likeness (QED) is 0.393. The number of hydrogen-bond donors (Lipinski definition) is 0. The van der Waals surface area contributed by atoms with E-state index < -0.39 is 0 Å². The molecule has 8 heavy (non-hydrogen) atoms. The van der Waals surface area contributed by atoms with Crippen LogP contribution in [-0.2, 0) is 4.74 Å². The second-order valence-corrected chi connectivity index (χ2v) is 2.49. The first kappa shape index (κ1) is 6.15. The summed E-state index contributed by atoms with van der Waals surface area (Å²) in [6, 6.07) is 0. The second kappa shape index (κ2) is 2.54. The predicted molar refractivity (Wildman–Crippen MR) is 35.3 cm³/mol. The molecule has 0 amide bonds. The van der Waals surface area contributed by atoms with Crippen LogP contribution in [0.5, 0.6) is 0 Å². The van der Waals surface area contributed by atoms with Crippen LogP contribution in [-0.4, -0.2) is 20.0 Å². The summed E-state index contributed by atoms with van der Waals surface area (Å²) >= 11 is 0. The van der Waals surface area contributed by atoms with Gasteiger partial charge in [0.1, 0.15) is 7.28 Å². The van der Waals surface area contributed by atoms with Crippen molar-refractivity contribution in [2.45, 2.75) is 26.2 Å². The monoisotopic (exact) mass is 111 g/mol. The standard InChI is InChI=1S/C6H12BO/c1-5(3-7-2)6-4-8-6/h5-6H,3-4H2,1-2H3. The van der Waals surface area contributed by atoms with Gasteiger partial charge in [-0.3, -0.25) is 0 Å². The van der Waals surface area contributed by atoms with Crippen LogP contribution in [0.15, 0.2) is 0 Å². The molecule has 1 aliphatic heterocycles. The van der Waals surface area contributed by atoms with Gasteiger partial charge in [0.05, 0.1) is 12.7 Å². The van der Waals surface area contributed by atoms with E-state index in [2.05, 4.69) is 21.0 Å². The molecule has 2 unspecified atom stereocenters.